The number of para-hydroxylation sites is 1. The molecule has 0 bridgehead atoms. The van der Waals surface area contributed by atoms with E-state index in [0.29, 0.717) is 0 Å². The highest BCUT2D eigenvalue weighted by Crippen LogP contribution is 2.45. The minimum absolute atomic E-state index is 0.888. The second kappa shape index (κ2) is 14.3. The summed E-state index contributed by atoms with van der Waals surface area (Å²) >= 11 is 0. The van der Waals surface area contributed by atoms with Crippen molar-refractivity contribution < 1.29 is 4.42 Å². The Balaban J connectivity index is 1.16. The fourth-order valence-electron chi connectivity index (χ4n) is 9.79. The lowest BCUT2D eigenvalue weighted by Gasteiger charge is -2.34. The summed E-state index contributed by atoms with van der Waals surface area (Å²) in [6.07, 6.45) is 0. The van der Waals surface area contributed by atoms with Crippen LogP contribution in [-0.4, -0.2) is 31.4 Å². The molecule has 0 amide bonds. The molecule has 0 saturated carbocycles. The van der Waals surface area contributed by atoms with E-state index in [1.54, 1.807) is 0 Å². The summed E-state index contributed by atoms with van der Waals surface area (Å²) in [6, 6.07) is 68.1. The van der Waals surface area contributed by atoms with Gasteiger partial charge in [0.1, 0.15) is 42.6 Å². The van der Waals surface area contributed by atoms with Crippen LogP contribution in [0.2, 0.25) is 0 Å². The van der Waals surface area contributed by atoms with Crippen molar-refractivity contribution in [1.82, 2.24) is 0 Å². The first kappa shape index (κ1) is 36.0. The molecule has 0 aliphatic carbocycles. The molecule has 0 radical (unpaired) electrons. The summed E-state index contributed by atoms with van der Waals surface area (Å²) in [7, 11) is 9.24. The number of anilines is 3. The number of nitrogens with zero attached hydrogens (tertiary/aromatic N) is 1. The monoisotopic (exact) mass is 761 g/mol. The number of hydrogen-bond acceptors (Lipinski definition) is 2. The van der Waals surface area contributed by atoms with E-state index in [9.17, 15) is 0 Å². The van der Waals surface area contributed by atoms with Crippen LogP contribution < -0.4 is 26.8 Å². The molecule has 60 heavy (non-hydrogen) atoms. The second-order valence-corrected chi connectivity index (χ2v) is 16.1. The zero-order valence-electron chi connectivity index (χ0n) is 34.3. The maximum atomic E-state index is 6.72. The van der Waals surface area contributed by atoms with Crippen LogP contribution in [0.25, 0.3) is 87.6 Å². The molecule has 0 spiro atoms. The Morgan fingerprint density at radius 1 is 0.367 bits per heavy atom. The highest BCUT2D eigenvalue weighted by atomic mass is 16.3. The van der Waals surface area contributed by atoms with E-state index >= 15 is 0 Å². The SMILES string of the molecule is Bc1c(B)c(N(c2ccc(-c3ccccc3)cc2)c2ccccc2-c2cccc3oc4c5ccccc5ccc4c23)c(B)c(B)c1-c1cccc2c1ccc1ccccc12. The van der Waals surface area contributed by atoms with E-state index in [0.717, 1.165) is 49.8 Å². The van der Waals surface area contributed by atoms with Crippen molar-refractivity contribution in [1.29, 1.82) is 0 Å². The molecule has 10 aromatic carbocycles. The molecule has 1 aromatic heterocycles. The summed E-state index contributed by atoms with van der Waals surface area (Å²) in [4.78, 5) is 2.51. The molecule has 1 heterocycles. The number of furan rings is 1. The highest BCUT2D eigenvalue weighted by molar-refractivity contribution is 6.63. The van der Waals surface area contributed by atoms with Gasteiger partial charge in [0.25, 0.3) is 0 Å². The van der Waals surface area contributed by atoms with Crippen molar-refractivity contribution in [2.24, 2.45) is 0 Å². The number of fused-ring (bicyclic) bond motifs is 8. The van der Waals surface area contributed by atoms with Gasteiger partial charge in [-0.3, -0.25) is 0 Å². The molecule has 2 nitrogen and oxygen atoms in total. The van der Waals surface area contributed by atoms with Gasteiger partial charge in [-0.15, -0.1) is 0 Å². The van der Waals surface area contributed by atoms with Crippen molar-refractivity contribution in [3.63, 3.8) is 0 Å². The second-order valence-electron chi connectivity index (χ2n) is 16.1. The van der Waals surface area contributed by atoms with Crippen LogP contribution in [0.4, 0.5) is 17.1 Å². The maximum Gasteiger partial charge on any atom is 0.143 e. The largest absolute Gasteiger partial charge is 0.455 e. The normalized spacial score (nSPS) is 11.6. The molecule has 278 valence electrons. The Morgan fingerprint density at radius 3 is 1.70 bits per heavy atom. The molecule has 0 saturated heterocycles. The lowest BCUT2D eigenvalue weighted by atomic mass is 9.64. The molecule has 0 aliphatic heterocycles. The molecule has 0 fully saturated rings. The van der Waals surface area contributed by atoms with Crippen LogP contribution >= 0.6 is 0 Å². The van der Waals surface area contributed by atoms with E-state index in [1.807, 2.05) is 0 Å². The Kier molecular flexibility index (Phi) is 8.56. The Bertz CT molecular complexity index is 3460. The summed E-state index contributed by atoms with van der Waals surface area (Å²) in [5.41, 5.74) is 17.6. The topological polar surface area (TPSA) is 16.4 Å². The predicted octanol–water partition coefficient (Wildman–Crippen LogP) is 8.55. The summed E-state index contributed by atoms with van der Waals surface area (Å²) in [6.45, 7) is 0. The quantitative estimate of drug-likeness (QED) is 0.125. The Labute approximate surface area is 353 Å². The lowest BCUT2D eigenvalue weighted by Crippen LogP contribution is -2.46. The maximum absolute atomic E-state index is 6.72. The van der Waals surface area contributed by atoms with Crippen LogP contribution in [0.1, 0.15) is 0 Å². The molecule has 0 atom stereocenters. The average molecular weight is 761 g/mol. The third kappa shape index (κ3) is 5.62. The van der Waals surface area contributed by atoms with Crippen LogP contribution in [0.3, 0.4) is 0 Å². The van der Waals surface area contributed by atoms with E-state index < -0.39 is 0 Å². The summed E-state index contributed by atoms with van der Waals surface area (Å²) < 4.78 is 6.72. The zero-order valence-corrected chi connectivity index (χ0v) is 34.3. The minimum Gasteiger partial charge on any atom is -0.455 e. The van der Waals surface area contributed by atoms with Crippen molar-refractivity contribution in [3.05, 3.63) is 188 Å². The first-order valence-corrected chi connectivity index (χ1v) is 20.9. The molecular weight excluding hydrogens is 722 g/mol. The standard InChI is InChI=1S/C54H39B4NO/c55-49-48(42-20-10-19-39-37-16-6-4-14-34(37)26-30-40(39)42)50(56)52(58)53(51(49)57)59(36-28-24-33(25-29-36)32-12-2-1-3-13-32)45-22-9-8-18-41(45)43-21-11-23-46-47(43)44-31-27-35-15-5-7-17-38(35)54(44)60-46/h1-31H,55-58H2. The number of rotatable bonds is 6. The van der Waals surface area contributed by atoms with Crippen molar-refractivity contribution in [2.75, 3.05) is 4.90 Å². The number of benzene rings is 10. The highest BCUT2D eigenvalue weighted by Gasteiger charge is 2.26. The number of hydrogen-bond donors (Lipinski definition) is 0. The van der Waals surface area contributed by atoms with Gasteiger partial charge in [-0.2, -0.15) is 0 Å². The molecular formula is C54H39B4NO. The Morgan fingerprint density at radius 2 is 0.933 bits per heavy atom. The van der Waals surface area contributed by atoms with Gasteiger partial charge in [0.2, 0.25) is 0 Å². The van der Waals surface area contributed by atoms with Crippen LogP contribution in [0.15, 0.2) is 192 Å². The molecule has 0 aliphatic rings. The van der Waals surface area contributed by atoms with E-state index in [4.69, 9.17) is 4.42 Å². The van der Waals surface area contributed by atoms with E-state index in [2.05, 4.69) is 224 Å². The average Bonchev–Trinajstić information content (AvgIpc) is 3.70. The minimum atomic E-state index is 0.888. The van der Waals surface area contributed by atoms with Crippen LogP contribution in [-0.2, 0) is 0 Å². The van der Waals surface area contributed by atoms with Gasteiger partial charge in [0.05, 0.1) is 5.69 Å². The summed E-state index contributed by atoms with van der Waals surface area (Å²) in [5, 5.41) is 9.66. The van der Waals surface area contributed by atoms with E-state index in [1.165, 1.54) is 76.7 Å². The first-order chi connectivity index (χ1) is 29.5. The van der Waals surface area contributed by atoms with E-state index in [-0.39, 0.29) is 0 Å². The van der Waals surface area contributed by atoms with Crippen LogP contribution in [0.5, 0.6) is 0 Å². The van der Waals surface area contributed by atoms with Gasteiger partial charge in [0, 0.05) is 33.1 Å². The van der Waals surface area contributed by atoms with Gasteiger partial charge >= 0.3 is 0 Å². The molecule has 6 heteroatoms. The third-order valence-corrected chi connectivity index (χ3v) is 12.9. The van der Waals surface area contributed by atoms with Crippen molar-refractivity contribution in [2.45, 2.75) is 0 Å². The molecule has 0 unspecified atom stereocenters. The van der Waals surface area contributed by atoms with Gasteiger partial charge in [-0.1, -0.05) is 180 Å². The predicted molar refractivity (Wildman–Crippen MR) is 270 cm³/mol. The first-order valence-electron chi connectivity index (χ1n) is 20.9. The zero-order chi connectivity index (χ0) is 40.5. The van der Waals surface area contributed by atoms with Gasteiger partial charge < -0.3 is 9.32 Å². The molecule has 11 aromatic rings. The molecule has 11 rings (SSSR count). The van der Waals surface area contributed by atoms with Crippen LogP contribution in [0, 0.1) is 0 Å². The smallest absolute Gasteiger partial charge is 0.143 e. The van der Waals surface area contributed by atoms with Crippen molar-refractivity contribution in [3.8, 4) is 33.4 Å². The van der Waals surface area contributed by atoms with Gasteiger partial charge in [0.15, 0.2) is 0 Å². The van der Waals surface area contributed by atoms with Gasteiger partial charge in [-0.05, 0) is 85.1 Å². The fraction of sp³-hybridized carbons (Fsp3) is 0. The Hall–Kier alpha value is -7.16. The van der Waals surface area contributed by atoms with Gasteiger partial charge in [-0.25, -0.2) is 0 Å². The summed E-state index contributed by atoms with van der Waals surface area (Å²) in [5.74, 6) is 0. The molecule has 0 N–H and O–H groups in total. The fourth-order valence-corrected chi connectivity index (χ4v) is 9.79. The van der Waals surface area contributed by atoms with Crippen molar-refractivity contribution >= 4 is 125 Å². The third-order valence-electron chi connectivity index (χ3n) is 12.9. The lowest BCUT2D eigenvalue weighted by molar-refractivity contribution is 0.673.